The standard InChI is InChI=1S/C20H14BrClF2N2O5/c1-9(27)29-8-14(30-13-7-6-12(23)15(16(13)24)19(25)28)20-26-17(18(21)31-20)10-2-4-11(22)5-3-10/h2-7,14H,8H2,1H3,(H2,25,28). The fourth-order valence-electron chi connectivity index (χ4n) is 2.59. The summed E-state index contributed by atoms with van der Waals surface area (Å²) in [4.78, 5) is 27.0. The number of esters is 1. The molecule has 1 amide bonds. The number of nitrogens with zero attached hydrogens (tertiary/aromatic N) is 1. The van der Waals surface area contributed by atoms with Gasteiger partial charge in [0.25, 0.3) is 5.91 Å². The van der Waals surface area contributed by atoms with Crippen molar-refractivity contribution in [3.05, 3.63) is 69.2 Å². The summed E-state index contributed by atoms with van der Waals surface area (Å²) in [7, 11) is 0. The van der Waals surface area contributed by atoms with Gasteiger partial charge in [-0.2, -0.15) is 0 Å². The molecule has 0 spiro atoms. The van der Waals surface area contributed by atoms with E-state index in [0.29, 0.717) is 16.3 Å². The van der Waals surface area contributed by atoms with Gasteiger partial charge in [-0.1, -0.05) is 23.7 Å². The van der Waals surface area contributed by atoms with E-state index < -0.39 is 47.5 Å². The number of benzene rings is 2. The van der Waals surface area contributed by atoms with Gasteiger partial charge in [0, 0.05) is 17.5 Å². The van der Waals surface area contributed by atoms with Crippen LogP contribution in [0.25, 0.3) is 11.3 Å². The van der Waals surface area contributed by atoms with Gasteiger partial charge in [-0.05, 0) is 40.2 Å². The lowest BCUT2D eigenvalue weighted by atomic mass is 10.1. The number of halogens is 4. The van der Waals surface area contributed by atoms with Crippen LogP contribution in [0.15, 0.2) is 45.5 Å². The summed E-state index contributed by atoms with van der Waals surface area (Å²) >= 11 is 9.15. The van der Waals surface area contributed by atoms with Gasteiger partial charge in [-0.3, -0.25) is 9.59 Å². The molecule has 0 radical (unpaired) electrons. The molecule has 7 nitrogen and oxygen atoms in total. The van der Waals surface area contributed by atoms with E-state index in [2.05, 4.69) is 20.9 Å². The van der Waals surface area contributed by atoms with Crippen LogP contribution in [-0.4, -0.2) is 23.5 Å². The summed E-state index contributed by atoms with van der Waals surface area (Å²) in [5.41, 5.74) is 5.12. The van der Waals surface area contributed by atoms with Crippen LogP contribution in [0.2, 0.25) is 5.02 Å². The Morgan fingerprint density at radius 2 is 1.90 bits per heavy atom. The lowest BCUT2D eigenvalue weighted by molar-refractivity contribution is -0.143. The van der Waals surface area contributed by atoms with E-state index >= 15 is 0 Å². The quantitative estimate of drug-likeness (QED) is 0.453. The predicted octanol–water partition coefficient (Wildman–Crippen LogP) is 4.82. The smallest absolute Gasteiger partial charge is 0.302 e. The van der Waals surface area contributed by atoms with Crippen LogP contribution in [0.5, 0.6) is 5.75 Å². The Bertz CT molecular complexity index is 1140. The van der Waals surface area contributed by atoms with Crippen molar-refractivity contribution in [2.75, 3.05) is 6.61 Å². The van der Waals surface area contributed by atoms with Gasteiger partial charge in [0.15, 0.2) is 16.2 Å². The highest BCUT2D eigenvalue weighted by Crippen LogP contribution is 2.34. The Morgan fingerprint density at radius 3 is 2.52 bits per heavy atom. The molecule has 1 atom stereocenters. The molecule has 0 bridgehead atoms. The topological polar surface area (TPSA) is 105 Å². The SMILES string of the molecule is CC(=O)OCC(Oc1ccc(F)c(C(N)=O)c1F)c1nc(-c2ccc(Cl)cc2)c(Br)o1. The fourth-order valence-corrected chi connectivity index (χ4v) is 3.20. The number of amides is 1. The van der Waals surface area contributed by atoms with Crippen LogP contribution in [0.4, 0.5) is 8.78 Å². The number of aromatic nitrogens is 1. The summed E-state index contributed by atoms with van der Waals surface area (Å²) in [6.45, 7) is 0.774. The number of hydrogen-bond acceptors (Lipinski definition) is 6. The number of primary amides is 1. The second-order valence-electron chi connectivity index (χ2n) is 6.19. The van der Waals surface area contributed by atoms with Crippen LogP contribution in [-0.2, 0) is 9.53 Å². The second-order valence-corrected chi connectivity index (χ2v) is 7.35. The normalized spacial score (nSPS) is 11.8. The van der Waals surface area contributed by atoms with Crippen molar-refractivity contribution in [2.24, 2.45) is 5.73 Å². The van der Waals surface area contributed by atoms with E-state index in [1.165, 1.54) is 6.92 Å². The molecule has 1 aromatic heterocycles. The van der Waals surface area contributed by atoms with Crippen molar-refractivity contribution in [3.8, 4) is 17.0 Å². The molecule has 3 aromatic rings. The molecule has 2 aromatic carbocycles. The molecule has 0 saturated carbocycles. The van der Waals surface area contributed by atoms with Gasteiger partial charge in [0.05, 0.1) is 0 Å². The Hall–Kier alpha value is -2.98. The van der Waals surface area contributed by atoms with Crippen molar-refractivity contribution < 1.29 is 32.3 Å². The minimum Gasteiger partial charge on any atom is -0.474 e. The van der Waals surface area contributed by atoms with Gasteiger partial charge in [-0.25, -0.2) is 13.8 Å². The molecule has 0 aliphatic rings. The molecule has 1 heterocycles. The van der Waals surface area contributed by atoms with Gasteiger partial charge < -0.3 is 19.6 Å². The molecule has 1 unspecified atom stereocenters. The van der Waals surface area contributed by atoms with Gasteiger partial charge in [0.1, 0.15) is 23.7 Å². The number of nitrogens with two attached hydrogens (primary N) is 1. The predicted molar refractivity (Wildman–Crippen MR) is 110 cm³/mol. The summed E-state index contributed by atoms with van der Waals surface area (Å²) in [5.74, 6) is -4.95. The summed E-state index contributed by atoms with van der Waals surface area (Å²) < 4.78 is 44.6. The van der Waals surface area contributed by atoms with Crippen LogP contribution in [0.3, 0.4) is 0 Å². The maximum atomic E-state index is 14.6. The summed E-state index contributed by atoms with van der Waals surface area (Å²) in [6.07, 6.45) is -1.22. The van der Waals surface area contributed by atoms with E-state index in [0.717, 1.165) is 12.1 Å². The molecular weight excluding hydrogens is 502 g/mol. The molecule has 3 rings (SSSR count). The van der Waals surface area contributed by atoms with Crippen molar-refractivity contribution in [3.63, 3.8) is 0 Å². The molecule has 11 heteroatoms. The Labute approximate surface area is 188 Å². The second kappa shape index (κ2) is 9.44. The van der Waals surface area contributed by atoms with Gasteiger partial charge >= 0.3 is 5.97 Å². The van der Waals surface area contributed by atoms with Crippen molar-refractivity contribution in [1.29, 1.82) is 0 Å². The highest BCUT2D eigenvalue weighted by molar-refractivity contribution is 9.10. The van der Waals surface area contributed by atoms with Crippen LogP contribution in [0.1, 0.15) is 29.3 Å². The monoisotopic (exact) mass is 514 g/mol. The van der Waals surface area contributed by atoms with Gasteiger partial charge in [-0.15, -0.1) is 0 Å². The first-order chi connectivity index (χ1) is 14.7. The molecule has 0 aliphatic carbocycles. The molecule has 2 N–H and O–H groups in total. The summed E-state index contributed by atoms with van der Waals surface area (Å²) in [5, 5.41) is 0.525. The average Bonchev–Trinajstić information content (AvgIpc) is 3.08. The number of carbonyl (C=O) groups is 2. The first kappa shape index (κ1) is 22.7. The molecule has 0 fully saturated rings. The van der Waals surface area contributed by atoms with Crippen molar-refractivity contribution >= 4 is 39.4 Å². The van der Waals surface area contributed by atoms with E-state index in [-0.39, 0.29) is 10.6 Å². The number of hydrogen-bond donors (Lipinski definition) is 1. The van der Waals surface area contributed by atoms with E-state index in [1.54, 1.807) is 24.3 Å². The molecular formula is C20H14BrClF2N2O5. The number of carbonyl (C=O) groups excluding carboxylic acids is 2. The van der Waals surface area contributed by atoms with E-state index in [4.69, 9.17) is 31.2 Å². The average molecular weight is 516 g/mol. The fraction of sp³-hybridized carbons (Fsp3) is 0.150. The highest BCUT2D eigenvalue weighted by atomic mass is 79.9. The lowest BCUT2D eigenvalue weighted by Crippen LogP contribution is -2.20. The minimum atomic E-state index is -1.30. The number of ether oxygens (including phenoxy) is 2. The first-order valence-corrected chi connectivity index (χ1v) is 9.84. The zero-order valence-corrected chi connectivity index (χ0v) is 18.2. The van der Waals surface area contributed by atoms with Crippen LogP contribution < -0.4 is 10.5 Å². The van der Waals surface area contributed by atoms with E-state index in [1.807, 2.05) is 0 Å². The van der Waals surface area contributed by atoms with E-state index in [9.17, 15) is 18.4 Å². The Morgan fingerprint density at radius 1 is 1.23 bits per heavy atom. The summed E-state index contributed by atoms with van der Waals surface area (Å²) in [6, 6.07) is 8.51. The Balaban J connectivity index is 1.98. The van der Waals surface area contributed by atoms with Crippen molar-refractivity contribution in [1.82, 2.24) is 4.98 Å². The zero-order valence-electron chi connectivity index (χ0n) is 15.8. The molecule has 0 saturated heterocycles. The third-order valence-electron chi connectivity index (χ3n) is 4.00. The highest BCUT2D eigenvalue weighted by Gasteiger charge is 2.27. The van der Waals surface area contributed by atoms with Crippen molar-refractivity contribution in [2.45, 2.75) is 13.0 Å². The third kappa shape index (κ3) is 5.20. The maximum absolute atomic E-state index is 14.6. The minimum absolute atomic E-state index is 0.0672. The van der Waals surface area contributed by atoms with Crippen LogP contribution >= 0.6 is 27.5 Å². The molecule has 0 aliphatic heterocycles. The number of rotatable bonds is 7. The molecule has 162 valence electrons. The largest absolute Gasteiger partial charge is 0.474 e. The molecule has 31 heavy (non-hydrogen) atoms. The maximum Gasteiger partial charge on any atom is 0.302 e. The van der Waals surface area contributed by atoms with Gasteiger partial charge in [0.2, 0.25) is 12.0 Å². The van der Waals surface area contributed by atoms with Crippen LogP contribution in [0, 0.1) is 11.6 Å². The lowest BCUT2D eigenvalue weighted by Gasteiger charge is -2.17. The third-order valence-corrected chi connectivity index (χ3v) is 4.79. The Kier molecular flexibility index (Phi) is 6.91. The zero-order chi connectivity index (χ0) is 22.7. The number of oxazole rings is 1. The first-order valence-electron chi connectivity index (χ1n) is 8.67.